The summed E-state index contributed by atoms with van der Waals surface area (Å²) in [5.74, 6) is 0.335. The summed E-state index contributed by atoms with van der Waals surface area (Å²) in [6.07, 6.45) is 1.64. The minimum atomic E-state index is -0.398. The zero-order chi connectivity index (χ0) is 21.1. The predicted octanol–water partition coefficient (Wildman–Crippen LogP) is 3.85. The molecule has 0 fully saturated rings. The van der Waals surface area contributed by atoms with Crippen LogP contribution in [-0.4, -0.2) is 22.1 Å². The van der Waals surface area contributed by atoms with Crippen molar-refractivity contribution >= 4 is 23.3 Å². The molecule has 0 spiro atoms. The smallest absolute Gasteiger partial charge is 0.351 e. The first kappa shape index (κ1) is 20.4. The zero-order valence-electron chi connectivity index (χ0n) is 17.2. The van der Waals surface area contributed by atoms with Gasteiger partial charge in [0.25, 0.3) is 0 Å². The lowest BCUT2D eigenvalue weighted by Crippen LogP contribution is -2.32. The highest BCUT2D eigenvalue weighted by Gasteiger charge is 2.33. The van der Waals surface area contributed by atoms with Gasteiger partial charge in [0.15, 0.2) is 0 Å². The monoisotopic (exact) mass is 394 g/mol. The fourth-order valence-corrected chi connectivity index (χ4v) is 3.53. The van der Waals surface area contributed by atoms with E-state index in [1.165, 1.54) is 4.57 Å². The molecule has 29 heavy (non-hydrogen) atoms. The summed E-state index contributed by atoms with van der Waals surface area (Å²) in [5.41, 5.74) is 3.46. The molecule has 1 aliphatic rings. The Morgan fingerprint density at radius 1 is 1.34 bits per heavy atom. The predicted molar refractivity (Wildman–Crippen MR) is 115 cm³/mol. The summed E-state index contributed by atoms with van der Waals surface area (Å²) in [6, 6.07) is 7.80. The van der Waals surface area contributed by atoms with Crippen LogP contribution >= 0.6 is 0 Å². The van der Waals surface area contributed by atoms with Crippen molar-refractivity contribution < 1.29 is 9.53 Å². The van der Waals surface area contributed by atoms with E-state index < -0.39 is 5.69 Å². The van der Waals surface area contributed by atoms with Crippen molar-refractivity contribution in [3.05, 3.63) is 69.8 Å². The van der Waals surface area contributed by atoms with E-state index in [1.54, 1.807) is 13.0 Å². The maximum atomic E-state index is 12.7. The summed E-state index contributed by atoms with van der Waals surface area (Å²) in [4.78, 5) is 29.5. The van der Waals surface area contributed by atoms with Crippen molar-refractivity contribution in [2.75, 3.05) is 17.2 Å². The van der Waals surface area contributed by atoms with Crippen LogP contribution in [-0.2, 0) is 16.1 Å². The van der Waals surface area contributed by atoms with E-state index in [1.807, 2.05) is 45.0 Å². The van der Waals surface area contributed by atoms with Crippen molar-refractivity contribution in [2.45, 2.75) is 40.2 Å². The number of carbonyl (C=O) groups excluding carboxylic acids is 1. The van der Waals surface area contributed by atoms with Crippen LogP contribution in [0.15, 0.2) is 53.0 Å². The van der Waals surface area contributed by atoms with Gasteiger partial charge in [-0.2, -0.15) is 4.98 Å². The van der Waals surface area contributed by atoms with Crippen molar-refractivity contribution in [1.82, 2.24) is 9.55 Å². The van der Waals surface area contributed by atoms with E-state index in [0.29, 0.717) is 29.5 Å². The van der Waals surface area contributed by atoms with Gasteiger partial charge in [-0.05, 0) is 32.9 Å². The summed E-state index contributed by atoms with van der Waals surface area (Å²) >= 11 is 0. The van der Waals surface area contributed by atoms with E-state index in [9.17, 15) is 9.59 Å². The molecule has 7 nitrogen and oxygen atoms in total. The Hall–Kier alpha value is -3.35. The molecule has 1 atom stereocenters. The molecular formula is C22H26N4O3. The Balaban J connectivity index is 2.16. The Labute approximate surface area is 170 Å². The molecule has 2 aromatic rings. The van der Waals surface area contributed by atoms with Crippen molar-refractivity contribution in [3.8, 4) is 0 Å². The van der Waals surface area contributed by atoms with E-state index in [0.717, 1.165) is 16.8 Å². The second kappa shape index (κ2) is 8.34. The highest BCUT2D eigenvalue weighted by molar-refractivity contribution is 5.94. The molecule has 0 aliphatic carbocycles. The van der Waals surface area contributed by atoms with Gasteiger partial charge in [-0.3, -0.25) is 4.57 Å². The normalized spacial score (nSPS) is 15.4. The first-order chi connectivity index (χ1) is 13.9. The fraction of sp³-hybridized carbons (Fsp3) is 0.318. The number of fused-ring (bicyclic) bond motifs is 1. The van der Waals surface area contributed by atoms with Gasteiger partial charge in [-0.1, -0.05) is 30.7 Å². The highest BCUT2D eigenvalue weighted by atomic mass is 16.5. The quantitative estimate of drug-likeness (QED) is 0.572. The average molecular weight is 394 g/mol. The summed E-state index contributed by atoms with van der Waals surface area (Å²) in [7, 11) is 0. The summed E-state index contributed by atoms with van der Waals surface area (Å²) < 4.78 is 6.77. The van der Waals surface area contributed by atoms with Crippen LogP contribution in [0.3, 0.4) is 0 Å². The zero-order valence-corrected chi connectivity index (χ0v) is 17.2. The number of ether oxygens (including phenoxy) is 1. The molecule has 152 valence electrons. The summed E-state index contributed by atoms with van der Waals surface area (Å²) in [6.45, 7) is 11.8. The number of nitrogens with one attached hydrogen (secondary N) is 2. The number of allylic oxidation sites excluding steroid dienone is 2. The Morgan fingerprint density at radius 2 is 2.03 bits per heavy atom. The van der Waals surface area contributed by atoms with Gasteiger partial charge in [-0.25, -0.2) is 9.59 Å². The molecule has 1 aromatic carbocycles. The lowest BCUT2D eigenvalue weighted by molar-refractivity contribution is -0.138. The van der Waals surface area contributed by atoms with E-state index >= 15 is 0 Å². The number of hydrogen-bond acceptors (Lipinski definition) is 6. The minimum Gasteiger partial charge on any atom is -0.463 e. The lowest BCUT2D eigenvalue weighted by atomic mass is 9.88. The minimum absolute atomic E-state index is 0.290. The van der Waals surface area contributed by atoms with Crippen LogP contribution in [0.2, 0.25) is 0 Å². The van der Waals surface area contributed by atoms with E-state index in [2.05, 4.69) is 22.2 Å². The van der Waals surface area contributed by atoms with Crippen LogP contribution in [0.25, 0.3) is 0 Å². The third kappa shape index (κ3) is 3.94. The Morgan fingerprint density at radius 3 is 2.66 bits per heavy atom. The number of carbonyl (C=O) groups is 1. The van der Waals surface area contributed by atoms with E-state index in [-0.39, 0.29) is 18.5 Å². The molecule has 0 amide bonds. The fourth-order valence-electron chi connectivity index (χ4n) is 3.53. The number of aromatic nitrogens is 2. The van der Waals surface area contributed by atoms with Crippen LogP contribution < -0.4 is 16.3 Å². The van der Waals surface area contributed by atoms with Crippen LogP contribution in [0.5, 0.6) is 0 Å². The molecule has 7 heteroatoms. The molecule has 0 saturated carbocycles. The molecule has 1 aromatic heterocycles. The SMILES string of the molecule is C=CCn1c2c(c(Nc3ccc(C)cc3)nc1=O)C(C)C(C(=O)OCC)=C(C)N2. The number of esters is 1. The van der Waals surface area contributed by atoms with Gasteiger partial charge in [0.1, 0.15) is 11.6 Å². The Kier molecular flexibility index (Phi) is 5.87. The molecular weight excluding hydrogens is 368 g/mol. The maximum Gasteiger partial charge on any atom is 0.351 e. The van der Waals surface area contributed by atoms with Crippen LogP contribution in [0.1, 0.15) is 37.8 Å². The number of aryl methyl sites for hydroxylation is 1. The standard InChI is InChI=1S/C22H26N4O3/c1-6-12-26-20-18(14(4)17(15(5)23-20)21(27)29-7-2)19(25-22(26)28)24-16-10-8-13(3)9-11-16/h6,8-11,14,23H,1,7,12H2,2-5H3,(H,24,25,28). The molecule has 0 saturated heterocycles. The van der Waals surface area contributed by atoms with Gasteiger partial charge >= 0.3 is 11.7 Å². The second-order valence-corrected chi connectivity index (χ2v) is 7.00. The molecule has 1 unspecified atom stereocenters. The van der Waals surface area contributed by atoms with Crippen molar-refractivity contribution in [3.63, 3.8) is 0 Å². The molecule has 0 radical (unpaired) electrons. The van der Waals surface area contributed by atoms with Gasteiger partial charge in [-0.15, -0.1) is 6.58 Å². The number of nitrogens with zero attached hydrogens (tertiary/aromatic N) is 2. The highest BCUT2D eigenvalue weighted by Crippen LogP contribution is 2.41. The Bertz CT molecular complexity index is 1040. The third-order valence-corrected chi connectivity index (χ3v) is 4.92. The summed E-state index contributed by atoms with van der Waals surface area (Å²) in [5, 5.41) is 6.46. The molecule has 2 heterocycles. The second-order valence-electron chi connectivity index (χ2n) is 7.00. The van der Waals surface area contributed by atoms with Gasteiger partial charge in [0, 0.05) is 29.4 Å². The average Bonchev–Trinajstić information content (AvgIpc) is 2.66. The van der Waals surface area contributed by atoms with Gasteiger partial charge in [0.2, 0.25) is 0 Å². The van der Waals surface area contributed by atoms with Crippen LogP contribution in [0.4, 0.5) is 17.3 Å². The van der Waals surface area contributed by atoms with Gasteiger partial charge in [0.05, 0.1) is 12.2 Å². The molecule has 2 N–H and O–H groups in total. The first-order valence-corrected chi connectivity index (χ1v) is 9.61. The molecule has 3 rings (SSSR count). The van der Waals surface area contributed by atoms with Crippen molar-refractivity contribution in [2.24, 2.45) is 0 Å². The number of rotatable bonds is 6. The number of anilines is 3. The maximum absolute atomic E-state index is 12.7. The topological polar surface area (TPSA) is 85.2 Å². The molecule has 0 bridgehead atoms. The van der Waals surface area contributed by atoms with Crippen LogP contribution in [0, 0.1) is 6.92 Å². The van der Waals surface area contributed by atoms with Crippen molar-refractivity contribution in [1.29, 1.82) is 0 Å². The molecule has 1 aliphatic heterocycles. The number of benzene rings is 1. The first-order valence-electron chi connectivity index (χ1n) is 9.61. The third-order valence-electron chi connectivity index (χ3n) is 4.92. The lowest BCUT2D eigenvalue weighted by Gasteiger charge is -2.30. The van der Waals surface area contributed by atoms with E-state index in [4.69, 9.17) is 4.74 Å². The van der Waals surface area contributed by atoms with Gasteiger partial charge < -0.3 is 15.4 Å². The largest absolute Gasteiger partial charge is 0.463 e. The number of hydrogen-bond donors (Lipinski definition) is 2.